The van der Waals surface area contributed by atoms with Gasteiger partial charge in [-0.25, -0.2) is 0 Å². The number of carboxylic acids is 1. The first-order chi connectivity index (χ1) is 11.9. The van der Waals surface area contributed by atoms with Crippen LogP contribution in [0.5, 0.6) is 0 Å². The predicted octanol–water partition coefficient (Wildman–Crippen LogP) is 1.55. The number of amides is 2. The Balaban J connectivity index is 1.62. The molecular weight excluding hydrogens is 344 g/mol. The van der Waals surface area contributed by atoms with Crippen molar-refractivity contribution in [3.63, 3.8) is 0 Å². The van der Waals surface area contributed by atoms with E-state index in [-0.39, 0.29) is 0 Å². The van der Waals surface area contributed by atoms with Gasteiger partial charge < -0.3 is 10.0 Å². The fourth-order valence-corrected chi connectivity index (χ4v) is 4.01. The van der Waals surface area contributed by atoms with E-state index >= 15 is 0 Å². The van der Waals surface area contributed by atoms with Gasteiger partial charge in [0.15, 0.2) is 0 Å². The summed E-state index contributed by atoms with van der Waals surface area (Å²) in [7, 11) is 0. The minimum absolute atomic E-state index is 0.292. The van der Waals surface area contributed by atoms with Crippen LogP contribution in [0.3, 0.4) is 0 Å². The van der Waals surface area contributed by atoms with Gasteiger partial charge >= 0.3 is 5.97 Å². The Hall–Kier alpha value is -2.35. The minimum Gasteiger partial charge on any atom is -0.480 e. The summed E-state index contributed by atoms with van der Waals surface area (Å²) in [5, 5.41) is 7.69. The predicted molar refractivity (Wildman–Crippen MR) is 92.7 cm³/mol. The van der Waals surface area contributed by atoms with Gasteiger partial charge in [-0.05, 0) is 24.1 Å². The van der Waals surface area contributed by atoms with E-state index < -0.39 is 28.9 Å². The maximum atomic E-state index is 12.2. The van der Waals surface area contributed by atoms with E-state index in [9.17, 15) is 19.2 Å². The van der Waals surface area contributed by atoms with Crippen LogP contribution in [-0.4, -0.2) is 57.8 Å². The summed E-state index contributed by atoms with van der Waals surface area (Å²) in [6, 6.07) is 7.71. The zero-order valence-electron chi connectivity index (χ0n) is 13.5. The number of aliphatic carboxylic acids is 1. The number of nitrogens with zero attached hydrogens (tertiary/aromatic N) is 2. The van der Waals surface area contributed by atoms with Crippen LogP contribution >= 0.6 is 11.8 Å². The second-order valence-electron chi connectivity index (χ2n) is 6.09. The van der Waals surface area contributed by atoms with E-state index in [1.165, 1.54) is 0 Å². The highest BCUT2D eigenvalue weighted by molar-refractivity contribution is 8.15. The number of benzene rings is 1. The van der Waals surface area contributed by atoms with Gasteiger partial charge in [-0.3, -0.25) is 24.1 Å². The lowest BCUT2D eigenvalue weighted by Crippen LogP contribution is -2.36. The van der Waals surface area contributed by atoms with Crippen molar-refractivity contribution in [3.05, 3.63) is 29.8 Å². The molecule has 2 fully saturated rings. The van der Waals surface area contributed by atoms with Crippen molar-refractivity contribution in [1.82, 2.24) is 4.90 Å². The third kappa shape index (κ3) is 4.01. The van der Waals surface area contributed by atoms with E-state index in [0.29, 0.717) is 38.1 Å². The maximum absolute atomic E-state index is 12.2. The number of carboxylic acid groups (broad SMARTS) is 1. The van der Waals surface area contributed by atoms with Gasteiger partial charge in [0, 0.05) is 31.6 Å². The second kappa shape index (κ2) is 7.26. The number of hydrogen-bond acceptors (Lipinski definition) is 6. The molecule has 2 aliphatic rings. The molecule has 132 valence electrons. The smallest absolute Gasteiger partial charge is 0.323 e. The Morgan fingerprint density at radius 2 is 1.76 bits per heavy atom. The molecule has 0 aliphatic carbocycles. The molecule has 7 nitrogen and oxygen atoms in total. The normalized spacial score (nSPS) is 21.1. The molecule has 0 saturated carbocycles. The van der Waals surface area contributed by atoms with Crippen LogP contribution in [0, 0.1) is 0 Å². The Bertz CT molecular complexity index is 708. The third-order valence-electron chi connectivity index (χ3n) is 4.34. The number of piperidine rings is 1. The Morgan fingerprint density at radius 1 is 1.12 bits per heavy atom. The zero-order valence-corrected chi connectivity index (χ0v) is 14.3. The first kappa shape index (κ1) is 17.5. The summed E-state index contributed by atoms with van der Waals surface area (Å²) in [5.74, 6) is -1.36. The molecule has 3 rings (SSSR count). The van der Waals surface area contributed by atoms with Crippen molar-refractivity contribution in [1.29, 1.82) is 0 Å². The van der Waals surface area contributed by atoms with E-state index in [1.54, 1.807) is 0 Å². The third-order valence-corrected chi connectivity index (χ3v) is 5.42. The van der Waals surface area contributed by atoms with Gasteiger partial charge in [0.2, 0.25) is 5.91 Å². The lowest BCUT2D eigenvalue weighted by molar-refractivity contribution is -0.141. The van der Waals surface area contributed by atoms with Crippen LogP contribution in [0.2, 0.25) is 0 Å². The molecule has 2 saturated heterocycles. The summed E-state index contributed by atoms with van der Waals surface area (Å²) < 4.78 is 0. The molecular formula is C17H18N2O5S. The van der Waals surface area contributed by atoms with E-state index in [2.05, 4.69) is 4.90 Å². The van der Waals surface area contributed by atoms with Gasteiger partial charge in [0.25, 0.3) is 5.24 Å². The number of carbonyl (C=O) groups is 4. The zero-order chi connectivity index (χ0) is 18.0. The average molecular weight is 362 g/mol. The molecule has 25 heavy (non-hydrogen) atoms. The maximum Gasteiger partial charge on any atom is 0.323 e. The molecule has 1 aromatic carbocycles. The molecule has 0 bridgehead atoms. The molecule has 2 amide bonds. The minimum atomic E-state index is -1.20. The van der Waals surface area contributed by atoms with Crippen molar-refractivity contribution >= 4 is 40.3 Å². The van der Waals surface area contributed by atoms with Gasteiger partial charge in [-0.15, -0.1) is 0 Å². The number of imide groups is 1. The number of thioether (sulfide) groups is 1. The first-order valence-corrected chi connectivity index (χ1v) is 8.91. The summed E-state index contributed by atoms with van der Waals surface area (Å²) in [4.78, 5) is 48.9. The monoisotopic (exact) mass is 362 g/mol. The fraction of sp³-hybridized carbons (Fsp3) is 0.412. The van der Waals surface area contributed by atoms with Crippen molar-refractivity contribution in [3.8, 4) is 0 Å². The first-order valence-electron chi connectivity index (χ1n) is 8.03. The van der Waals surface area contributed by atoms with E-state index in [0.717, 1.165) is 27.9 Å². The van der Waals surface area contributed by atoms with Gasteiger partial charge in [-0.1, -0.05) is 23.9 Å². The van der Waals surface area contributed by atoms with Crippen molar-refractivity contribution in [2.24, 2.45) is 0 Å². The highest BCUT2D eigenvalue weighted by Crippen LogP contribution is 2.30. The lowest BCUT2D eigenvalue weighted by Gasteiger charge is -2.28. The highest BCUT2D eigenvalue weighted by atomic mass is 32.2. The molecule has 0 aromatic heterocycles. The second-order valence-corrected chi connectivity index (χ2v) is 7.24. The molecule has 0 radical (unpaired) electrons. The summed E-state index contributed by atoms with van der Waals surface area (Å²) in [6.45, 7) is 0.843. The molecule has 1 atom stereocenters. The largest absolute Gasteiger partial charge is 0.480 e. The van der Waals surface area contributed by atoms with E-state index in [4.69, 9.17) is 5.11 Å². The van der Waals surface area contributed by atoms with Gasteiger partial charge in [-0.2, -0.15) is 0 Å². The van der Waals surface area contributed by atoms with Crippen LogP contribution in [0.4, 0.5) is 10.5 Å². The Labute approximate surface area is 149 Å². The van der Waals surface area contributed by atoms with Crippen LogP contribution in [0.1, 0.15) is 18.4 Å². The lowest BCUT2D eigenvalue weighted by atomic mass is 10.1. The van der Waals surface area contributed by atoms with E-state index in [1.807, 2.05) is 24.3 Å². The number of hydrogen-bond donors (Lipinski definition) is 1. The van der Waals surface area contributed by atoms with Crippen LogP contribution in [0.25, 0.3) is 0 Å². The standard InChI is InChI=1S/C17H18N2O5S/c20-13-5-7-18(8-6-13)12-3-1-11(2-4-12)9-14-16(23)19(10-15(21)22)17(24)25-14/h1-4,14H,5-10H2,(H,21,22). The quantitative estimate of drug-likeness (QED) is 0.849. The van der Waals surface area contributed by atoms with Gasteiger partial charge in [0.05, 0.1) is 5.25 Å². The SMILES string of the molecule is O=C(O)CN1C(=O)SC(Cc2ccc(N3CCC(=O)CC3)cc2)C1=O. The van der Waals surface area contributed by atoms with Crippen molar-refractivity contribution < 1.29 is 24.3 Å². The highest BCUT2D eigenvalue weighted by Gasteiger charge is 2.40. The molecule has 1 aromatic rings. The number of anilines is 1. The van der Waals surface area contributed by atoms with Crippen LogP contribution in [-0.2, 0) is 20.8 Å². The number of ketones is 1. The molecule has 2 aliphatic heterocycles. The Kier molecular flexibility index (Phi) is 5.08. The topological polar surface area (TPSA) is 95.0 Å². The number of rotatable bonds is 5. The molecule has 0 spiro atoms. The van der Waals surface area contributed by atoms with Crippen molar-refractivity contribution in [2.75, 3.05) is 24.5 Å². The summed E-state index contributed by atoms with van der Waals surface area (Å²) >= 11 is 0.877. The van der Waals surface area contributed by atoms with Crippen molar-refractivity contribution in [2.45, 2.75) is 24.5 Å². The molecule has 1 N–H and O–H groups in total. The molecule has 2 heterocycles. The number of carbonyl (C=O) groups excluding carboxylic acids is 3. The summed E-state index contributed by atoms with van der Waals surface area (Å²) in [5.41, 5.74) is 1.94. The molecule has 1 unspecified atom stereocenters. The average Bonchev–Trinajstić information content (AvgIpc) is 2.83. The Morgan fingerprint density at radius 3 is 2.36 bits per heavy atom. The number of Topliss-reactive ketones (excluding diaryl/α,β-unsaturated/α-hetero) is 1. The summed E-state index contributed by atoms with van der Waals surface area (Å²) in [6.07, 6.45) is 1.51. The molecule has 8 heteroatoms. The van der Waals surface area contributed by atoms with Crippen LogP contribution < -0.4 is 4.90 Å². The fourth-order valence-electron chi connectivity index (χ4n) is 2.98. The van der Waals surface area contributed by atoms with Gasteiger partial charge in [0.1, 0.15) is 12.3 Å². The van der Waals surface area contributed by atoms with Crippen LogP contribution in [0.15, 0.2) is 24.3 Å².